The van der Waals surface area contributed by atoms with Gasteiger partial charge in [-0.3, -0.25) is 0 Å². The first kappa shape index (κ1) is 16.1. The Balaban J connectivity index is 2.17. The van der Waals surface area contributed by atoms with Crippen molar-refractivity contribution >= 4 is 16.2 Å². The molecule has 0 saturated carbocycles. The van der Waals surface area contributed by atoms with E-state index in [2.05, 4.69) is 0 Å². The van der Waals surface area contributed by atoms with Crippen LogP contribution in [0.4, 0.5) is 0 Å². The van der Waals surface area contributed by atoms with Crippen LogP contribution in [-0.2, 0) is 14.3 Å². The van der Waals surface area contributed by atoms with Gasteiger partial charge in [0.05, 0.1) is 7.11 Å². The monoisotopic (exact) mass is 318 g/mol. The number of aryl methyl sites for hydroxylation is 1. The van der Waals surface area contributed by atoms with E-state index in [1.807, 2.05) is 19.1 Å². The van der Waals surface area contributed by atoms with Crippen molar-refractivity contribution < 1.29 is 17.3 Å². The third-order valence-corrected chi connectivity index (χ3v) is 4.37. The van der Waals surface area contributed by atoms with Gasteiger partial charge in [0.15, 0.2) is 0 Å². The van der Waals surface area contributed by atoms with Gasteiger partial charge in [0.1, 0.15) is 16.4 Å². The molecule has 0 saturated heterocycles. The van der Waals surface area contributed by atoms with Gasteiger partial charge in [-0.15, -0.1) is 0 Å². The Kier molecular flexibility index (Phi) is 4.88. The SMILES string of the molecule is COc1ccc(/C=C(/C)OS(=O)(=O)c2ccc(C)cc2)cc1. The van der Waals surface area contributed by atoms with Crippen LogP contribution in [0.2, 0.25) is 0 Å². The van der Waals surface area contributed by atoms with Crippen LogP contribution in [-0.4, -0.2) is 15.5 Å². The molecular weight excluding hydrogens is 300 g/mol. The number of hydrogen-bond acceptors (Lipinski definition) is 4. The molecule has 0 aliphatic carbocycles. The summed E-state index contributed by atoms with van der Waals surface area (Å²) in [6.07, 6.45) is 1.66. The number of ether oxygens (including phenoxy) is 1. The van der Waals surface area contributed by atoms with Gasteiger partial charge in [0, 0.05) is 0 Å². The number of rotatable bonds is 5. The molecule has 0 fully saturated rings. The molecule has 0 atom stereocenters. The molecule has 5 heteroatoms. The van der Waals surface area contributed by atoms with E-state index in [0.29, 0.717) is 5.76 Å². The number of allylic oxidation sites excluding steroid dienone is 1. The fourth-order valence-electron chi connectivity index (χ4n) is 1.88. The molecule has 0 radical (unpaired) electrons. The van der Waals surface area contributed by atoms with Gasteiger partial charge >= 0.3 is 10.1 Å². The molecule has 2 rings (SSSR count). The van der Waals surface area contributed by atoms with E-state index < -0.39 is 10.1 Å². The molecule has 4 nitrogen and oxygen atoms in total. The summed E-state index contributed by atoms with van der Waals surface area (Å²) >= 11 is 0. The fourth-order valence-corrected chi connectivity index (χ4v) is 2.84. The molecule has 2 aromatic rings. The summed E-state index contributed by atoms with van der Waals surface area (Å²) in [5.74, 6) is 1.04. The van der Waals surface area contributed by atoms with Crippen LogP contribution >= 0.6 is 0 Å². The highest BCUT2D eigenvalue weighted by atomic mass is 32.2. The lowest BCUT2D eigenvalue weighted by Gasteiger charge is -2.08. The first-order valence-corrected chi connectivity index (χ1v) is 8.15. The zero-order valence-electron chi connectivity index (χ0n) is 12.7. The van der Waals surface area contributed by atoms with Crippen LogP contribution in [0.5, 0.6) is 5.75 Å². The largest absolute Gasteiger partial charge is 0.497 e. The lowest BCUT2D eigenvalue weighted by Crippen LogP contribution is -2.05. The Bertz CT molecular complexity index is 757. The maximum Gasteiger partial charge on any atom is 0.338 e. The maximum atomic E-state index is 12.2. The van der Waals surface area contributed by atoms with Gasteiger partial charge in [-0.2, -0.15) is 8.42 Å². The molecule has 2 aromatic carbocycles. The molecule has 0 heterocycles. The highest BCUT2D eigenvalue weighted by Crippen LogP contribution is 2.19. The molecule has 0 aliphatic heterocycles. The zero-order valence-corrected chi connectivity index (χ0v) is 13.6. The second-order valence-electron chi connectivity index (χ2n) is 4.88. The van der Waals surface area contributed by atoms with Crippen LogP contribution < -0.4 is 4.74 Å². The van der Waals surface area contributed by atoms with E-state index in [1.54, 1.807) is 44.4 Å². The molecule has 0 N–H and O–H groups in total. The van der Waals surface area contributed by atoms with Crippen LogP contribution in [0.3, 0.4) is 0 Å². The van der Waals surface area contributed by atoms with Crippen molar-refractivity contribution in [2.24, 2.45) is 0 Å². The van der Waals surface area contributed by atoms with E-state index in [4.69, 9.17) is 8.92 Å². The third kappa shape index (κ3) is 4.11. The summed E-state index contributed by atoms with van der Waals surface area (Å²) in [4.78, 5) is 0.139. The molecule has 0 bridgehead atoms. The summed E-state index contributed by atoms with van der Waals surface area (Å²) in [6.45, 7) is 3.50. The Morgan fingerprint density at radius 1 is 1.00 bits per heavy atom. The topological polar surface area (TPSA) is 52.6 Å². The van der Waals surface area contributed by atoms with Crippen LogP contribution in [0.1, 0.15) is 18.1 Å². The van der Waals surface area contributed by atoms with Gasteiger partial charge in [0.2, 0.25) is 0 Å². The van der Waals surface area contributed by atoms with E-state index in [0.717, 1.165) is 16.9 Å². The predicted molar refractivity (Wildman–Crippen MR) is 86.1 cm³/mol. The minimum absolute atomic E-state index is 0.139. The second kappa shape index (κ2) is 6.66. The number of hydrogen-bond donors (Lipinski definition) is 0. The summed E-state index contributed by atoms with van der Waals surface area (Å²) < 4.78 is 34.5. The summed E-state index contributed by atoms with van der Waals surface area (Å²) in [5.41, 5.74) is 1.82. The van der Waals surface area contributed by atoms with Gasteiger partial charge in [-0.05, 0) is 49.8 Å². The van der Waals surface area contributed by atoms with Crippen molar-refractivity contribution in [2.45, 2.75) is 18.7 Å². The zero-order chi connectivity index (χ0) is 16.2. The molecule has 0 spiro atoms. The van der Waals surface area contributed by atoms with Gasteiger partial charge in [-0.25, -0.2) is 0 Å². The Hall–Kier alpha value is -2.27. The smallest absolute Gasteiger partial charge is 0.338 e. The van der Waals surface area contributed by atoms with Crippen molar-refractivity contribution in [2.75, 3.05) is 7.11 Å². The molecule has 0 amide bonds. The van der Waals surface area contributed by atoms with E-state index >= 15 is 0 Å². The number of benzene rings is 2. The molecule has 0 aromatic heterocycles. The first-order valence-electron chi connectivity index (χ1n) is 6.74. The summed E-state index contributed by atoms with van der Waals surface area (Å²) in [6, 6.07) is 13.8. The first-order chi connectivity index (χ1) is 10.4. The minimum atomic E-state index is -3.80. The van der Waals surface area contributed by atoms with E-state index in [9.17, 15) is 8.42 Å². The molecule has 0 unspecified atom stereocenters. The van der Waals surface area contributed by atoms with Crippen LogP contribution in [0.25, 0.3) is 6.08 Å². The highest BCUT2D eigenvalue weighted by molar-refractivity contribution is 7.86. The summed E-state index contributed by atoms with van der Waals surface area (Å²) in [7, 11) is -2.21. The van der Waals surface area contributed by atoms with Crippen molar-refractivity contribution in [3.8, 4) is 5.75 Å². The average molecular weight is 318 g/mol. The standard InChI is InChI=1S/C17H18O4S/c1-13-4-10-17(11-5-13)22(18,19)21-14(2)12-15-6-8-16(20-3)9-7-15/h4-12H,1-3H3/b14-12-. The predicted octanol–water partition coefficient (Wildman–Crippen LogP) is 3.77. The third-order valence-electron chi connectivity index (χ3n) is 3.04. The molecule has 116 valence electrons. The maximum absolute atomic E-state index is 12.2. The number of methoxy groups -OCH3 is 1. The van der Waals surface area contributed by atoms with E-state index in [1.165, 1.54) is 12.1 Å². The molecular formula is C17H18O4S. The fraction of sp³-hybridized carbons (Fsp3) is 0.176. The van der Waals surface area contributed by atoms with Gasteiger partial charge < -0.3 is 8.92 Å². The average Bonchev–Trinajstić information content (AvgIpc) is 2.48. The lowest BCUT2D eigenvalue weighted by molar-refractivity contribution is 0.411. The van der Waals surface area contributed by atoms with Gasteiger partial charge in [0.25, 0.3) is 0 Å². The normalized spacial score (nSPS) is 12.0. The molecule has 22 heavy (non-hydrogen) atoms. The van der Waals surface area contributed by atoms with Crippen LogP contribution in [0, 0.1) is 6.92 Å². The Labute approximate surface area is 131 Å². The van der Waals surface area contributed by atoms with Crippen molar-refractivity contribution in [3.05, 3.63) is 65.4 Å². The highest BCUT2D eigenvalue weighted by Gasteiger charge is 2.15. The molecule has 0 aliphatic rings. The Morgan fingerprint density at radius 3 is 2.14 bits per heavy atom. The van der Waals surface area contributed by atoms with Crippen molar-refractivity contribution in [3.63, 3.8) is 0 Å². The Morgan fingerprint density at radius 2 is 1.59 bits per heavy atom. The summed E-state index contributed by atoms with van der Waals surface area (Å²) in [5, 5.41) is 0. The van der Waals surface area contributed by atoms with Gasteiger partial charge in [-0.1, -0.05) is 29.8 Å². The lowest BCUT2D eigenvalue weighted by atomic mass is 10.2. The second-order valence-corrected chi connectivity index (χ2v) is 6.42. The van der Waals surface area contributed by atoms with Crippen molar-refractivity contribution in [1.29, 1.82) is 0 Å². The van der Waals surface area contributed by atoms with Crippen molar-refractivity contribution in [1.82, 2.24) is 0 Å². The van der Waals surface area contributed by atoms with Crippen LogP contribution in [0.15, 0.2) is 59.2 Å². The quantitative estimate of drug-likeness (QED) is 0.622. The minimum Gasteiger partial charge on any atom is -0.497 e. The van der Waals surface area contributed by atoms with E-state index in [-0.39, 0.29) is 4.90 Å².